The number of carboxylic acid groups (broad SMARTS) is 1. The maximum atomic E-state index is 11.5. The van der Waals surface area contributed by atoms with Gasteiger partial charge in [-0.1, -0.05) is 44.9 Å². The van der Waals surface area contributed by atoms with Crippen LogP contribution in [0.4, 0.5) is 0 Å². The third-order valence-corrected chi connectivity index (χ3v) is 10.7. The summed E-state index contributed by atoms with van der Waals surface area (Å²) in [7, 11) is 0. The van der Waals surface area contributed by atoms with E-state index in [1.165, 1.54) is 55.6 Å². The first-order valence-electron chi connectivity index (χ1n) is 24.2. The number of amides is 2. The second-order valence-electron chi connectivity index (χ2n) is 14.9. The number of hydrogen-bond acceptors (Lipinski definition) is 18. The van der Waals surface area contributed by atoms with Gasteiger partial charge in [-0.25, -0.2) is 0 Å². The lowest BCUT2D eigenvalue weighted by molar-refractivity contribution is -0.137. The van der Waals surface area contributed by atoms with Crippen molar-refractivity contribution in [3.63, 3.8) is 0 Å². The van der Waals surface area contributed by atoms with Gasteiger partial charge in [-0.05, 0) is 49.3 Å². The van der Waals surface area contributed by atoms with E-state index in [-0.39, 0.29) is 24.7 Å². The lowest BCUT2D eigenvalue weighted by Gasteiger charge is -2.09. The molecular formula is C47H87N3O16S2. The number of thioether (sulfide) groups is 1. The molecule has 21 heteroatoms. The van der Waals surface area contributed by atoms with E-state index in [9.17, 15) is 14.4 Å². The van der Waals surface area contributed by atoms with Crippen LogP contribution in [0.25, 0.3) is 0 Å². The Balaban J connectivity index is 0.00000162. The van der Waals surface area contributed by atoms with E-state index < -0.39 is 5.97 Å². The van der Waals surface area contributed by atoms with Crippen molar-refractivity contribution in [2.24, 2.45) is 11.5 Å². The van der Waals surface area contributed by atoms with Gasteiger partial charge in [-0.15, -0.1) is 11.8 Å². The number of carbonyl (C=O) groups is 3. The molecule has 0 saturated heterocycles. The standard InChI is InChI=1S/C29H58N2O14.C18H29NO2S2/c30-4-6-35-8-10-37-12-14-39-16-18-41-20-22-43-24-26-45-27-25-44-23-21-42-19-17-40-15-13-38-11-9-36-7-5-31-28(32)2-1-3-29(33)34;19-18(20)10-8-6-4-2-1-3-5-7-9-15-22-16-11-13-17(23-21)14-12-16/h1-27,30H2,(H,31,32)(H,33,34);11-14,21H,1-10,15H2,(H2,19,20). The first kappa shape index (κ1) is 65.8. The van der Waals surface area contributed by atoms with Crippen LogP contribution in [0.15, 0.2) is 34.1 Å². The third-order valence-electron chi connectivity index (χ3n) is 9.11. The van der Waals surface area contributed by atoms with E-state index in [0.717, 1.165) is 29.8 Å². The fourth-order valence-corrected chi connectivity index (χ4v) is 6.73. The Hall–Kier alpha value is -2.19. The van der Waals surface area contributed by atoms with E-state index in [1.807, 2.05) is 23.9 Å². The number of carbonyl (C=O) groups excluding carboxylic acids is 2. The van der Waals surface area contributed by atoms with Crippen molar-refractivity contribution in [2.45, 2.75) is 93.3 Å². The van der Waals surface area contributed by atoms with Gasteiger partial charge in [0.15, 0.2) is 0 Å². The minimum Gasteiger partial charge on any atom is -0.481 e. The molecule has 0 aliphatic rings. The molecule has 1 aromatic rings. The van der Waals surface area contributed by atoms with Gasteiger partial charge >= 0.3 is 5.97 Å². The van der Waals surface area contributed by atoms with Gasteiger partial charge in [0.1, 0.15) is 0 Å². The maximum Gasteiger partial charge on any atom is 0.303 e. The number of rotatable bonds is 53. The van der Waals surface area contributed by atoms with Crippen LogP contribution in [0.2, 0.25) is 0 Å². The number of aliphatic carboxylic acids is 1. The minimum atomic E-state index is -0.902. The zero-order valence-electron chi connectivity index (χ0n) is 40.8. The summed E-state index contributed by atoms with van der Waals surface area (Å²) in [5, 5.41) is 11.2. The molecule has 0 aliphatic carbocycles. The van der Waals surface area contributed by atoms with E-state index in [0.29, 0.717) is 171 Å². The molecule has 19 nitrogen and oxygen atoms in total. The largest absolute Gasteiger partial charge is 0.481 e. The normalized spacial score (nSPS) is 11.1. The van der Waals surface area contributed by atoms with Crippen molar-refractivity contribution in [3.05, 3.63) is 24.3 Å². The summed E-state index contributed by atoms with van der Waals surface area (Å²) in [6.07, 6.45) is 12.2. The van der Waals surface area contributed by atoms with E-state index >= 15 is 0 Å². The molecule has 0 heterocycles. The molecule has 0 bridgehead atoms. The van der Waals surface area contributed by atoms with E-state index in [4.69, 9.17) is 73.2 Å². The number of nitrogens with two attached hydrogens (primary N) is 2. The molecule has 7 N–H and O–H groups in total. The molecule has 398 valence electrons. The summed E-state index contributed by atoms with van der Waals surface area (Å²) in [6.45, 7) is 11.6. The highest BCUT2D eigenvalue weighted by atomic mass is 32.2. The number of primary amides is 1. The van der Waals surface area contributed by atoms with Crippen molar-refractivity contribution in [3.8, 4) is 0 Å². The van der Waals surface area contributed by atoms with Crippen LogP contribution in [0.3, 0.4) is 0 Å². The fraction of sp³-hybridized carbons (Fsp3) is 0.809. The van der Waals surface area contributed by atoms with Crippen LogP contribution >= 0.6 is 23.8 Å². The molecule has 0 spiro atoms. The number of ether oxygens (including phenoxy) is 11. The number of hydrogen-bond donors (Lipinski definition) is 5. The van der Waals surface area contributed by atoms with Gasteiger partial charge in [-0.3, -0.25) is 14.4 Å². The Kier molecular flexibility index (Phi) is 53.9. The molecule has 1 aromatic carbocycles. The number of carboxylic acids is 1. The summed E-state index contributed by atoms with van der Waals surface area (Å²) in [6, 6.07) is 8.05. The molecule has 68 heavy (non-hydrogen) atoms. The van der Waals surface area contributed by atoms with Gasteiger partial charge in [0.25, 0.3) is 0 Å². The molecule has 2 amide bonds. The number of benzene rings is 1. The van der Waals surface area contributed by atoms with Crippen molar-refractivity contribution >= 4 is 41.6 Å². The molecule has 0 unspecified atom stereocenters. The smallest absolute Gasteiger partial charge is 0.303 e. The predicted octanol–water partition coefficient (Wildman–Crippen LogP) is 5.23. The highest BCUT2D eigenvalue weighted by Crippen LogP contribution is 2.23. The Labute approximate surface area is 414 Å². The second kappa shape index (κ2) is 55.7. The highest BCUT2D eigenvalue weighted by Gasteiger charge is 2.04. The zero-order valence-corrected chi connectivity index (χ0v) is 42.4. The highest BCUT2D eigenvalue weighted by molar-refractivity contribution is 7.99. The molecule has 0 fully saturated rings. The van der Waals surface area contributed by atoms with Gasteiger partial charge in [0.05, 0.1) is 145 Å². The lowest BCUT2D eigenvalue weighted by Crippen LogP contribution is -2.27. The Bertz CT molecular complexity index is 1230. The fourth-order valence-electron chi connectivity index (χ4n) is 5.56. The molecule has 0 radical (unpaired) electrons. The first-order valence-corrected chi connectivity index (χ1v) is 26.0. The molecule has 0 atom stereocenters. The summed E-state index contributed by atoms with van der Waals surface area (Å²) in [4.78, 5) is 34.6. The van der Waals surface area contributed by atoms with E-state index in [2.05, 4.69) is 17.4 Å². The van der Waals surface area contributed by atoms with E-state index in [1.54, 1.807) is 0 Å². The summed E-state index contributed by atoms with van der Waals surface area (Å²) >= 11 is 2.69. The van der Waals surface area contributed by atoms with Crippen molar-refractivity contribution < 1.29 is 76.1 Å². The van der Waals surface area contributed by atoms with Crippen molar-refractivity contribution in [2.75, 3.05) is 164 Å². The molecule has 0 saturated carbocycles. The summed E-state index contributed by atoms with van der Waals surface area (Å²) < 4.78 is 68.3. The topological polar surface area (TPSA) is 257 Å². The maximum absolute atomic E-state index is 11.5. The average molecular weight is 1010 g/mol. The Morgan fingerprint density at radius 2 is 0.779 bits per heavy atom. The van der Waals surface area contributed by atoms with Crippen LogP contribution in [0.5, 0.6) is 0 Å². The van der Waals surface area contributed by atoms with Crippen LogP contribution in [-0.2, 0) is 66.5 Å². The van der Waals surface area contributed by atoms with Gasteiger partial charge in [0.2, 0.25) is 11.8 Å². The molecular weight excluding hydrogens is 927 g/mol. The summed E-state index contributed by atoms with van der Waals surface area (Å²) in [5.41, 5.74) is 10.4. The molecule has 1 rings (SSSR count). The summed E-state index contributed by atoms with van der Waals surface area (Å²) in [5.74, 6) is -0.0870. The van der Waals surface area contributed by atoms with Gasteiger partial charge < -0.3 is 78.5 Å². The number of nitrogens with one attached hydrogen (secondary N) is 1. The molecule has 0 aromatic heterocycles. The van der Waals surface area contributed by atoms with Gasteiger partial charge in [-0.2, -0.15) is 0 Å². The van der Waals surface area contributed by atoms with Crippen molar-refractivity contribution in [1.82, 2.24) is 5.32 Å². The third kappa shape index (κ3) is 54.7. The zero-order chi connectivity index (χ0) is 49.5. The second-order valence-corrected chi connectivity index (χ2v) is 16.8. The minimum absolute atomic E-state index is 0.00867. The first-order chi connectivity index (χ1) is 33.4. The molecule has 0 aliphatic heterocycles. The average Bonchev–Trinajstić information content (AvgIpc) is 3.33. The van der Waals surface area contributed by atoms with Crippen molar-refractivity contribution in [1.29, 1.82) is 0 Å². The lowest BCUT2D eigenvalue weighted by atomic mass is 10.1. The number of unbranched alkanes of at least 4 members (excludes halogenated alkanes) is 8. The quantitative estimate of drug-likeness (QED) is 0.0318. The van der Waals surface area contributed by atoms with Gasteiger partial charge in [0, 0.05) is 54.2 Å². The van der Waals surface area contributed by atoms with Crippen LogP contribution < -0.4 is 16.8 Å². The Morgan fingerprint density at radius 3 is 1.13 bits per heavy atom. The van der Waals surface area contributed by atoms with Crippen LogP contribution in [-0.4, -0.2) is 192 Å². The van der Waals surface area contributed by atoms with Crippen LogP contribution in [0.1, 0.15) is 83.5 Å². The van der Waals surface area contributed by atoms with Crippen LogP contribution in [0, 0.1) is 0 Å². The predicted molar refractivity (Wildman–Crippen MR) is 264 cm³/mol. The monoisotopic (exact) mass is 1010 g/mol. The Morgan fingerprint density at radius 1 is 0.441 bits per heavy atom. The SMILES string of the molecule is NC(=O)CCCCCCCCCCCSc1ccc(SO)cc1.NCCOCCOCCOCCOCCOCCOCCOCCOCCOCCOCCOCCNC(=O)CCCC(=O)O.